The molecule has 94 valence electrons. The van der Waals surface area contributed by atoms with Gasteiger partial charge in [0.25, 0.3) is 0 Å². The fourth-order valence-corrected chi connectivity index (χ4v) is 2.66. The number of aryl methyl sites for hydroxylation is 1. The lowest BCUT2D eigenvalue weighted by Gasteiger charge is -2.26. The Kier molecular flexibility index (Phi) is 3.16. The average Bonchev–Trinajstić information content (AvgIpc) is 2.48. The summed E-state index contributed by atoms with van der Waals surface area (Å²) >= 11 is 0. The largest absolute Gasteiger partial charge is 0.363 e. The third kappa shape index (κ3) is 2.43. The van der Waals surface area contributed by atoms with Crippen LogP contribution < -0.4 is 5.32 Å². The number of hydrogen-bond acceptors (Lipinski definition) is 3. The van der Waals surface area contributed by atoms with Gasteiger partial charge in [0.05, 0.1) is 6.04 Å². The van der Waals surface area contributed by atoms with E-state index in [-0.39, 0.29) is 0 Å². The van der Waals surface area contributed by atoms with E-state index in [4.69, 9.17) is 5.26 Å². The van der Waals surface area contributed by atoms with Gasteiger partial charge in [-0.15, -0.1) is 0 Å². The van der Waals surface area contributed by atoms with Crippen molar-refractivity contribution in [3.63, 3.8) is 0 Å². The molecule has 1 aromatic heterocycles. The Hall–Kier alpha value is -2.34. The molecular weight excluding hydrogens is 234 g/mol. The van der Waals surface area contributed by atoms with Crippen molar-refractivity contribution in [3.05, 3.63) is 59.3 Å². The van der Waals surface area contributed by atoms with Crippen molar-refractivity contribution in [3.8, 4) is 6.07 Å². The molecule has 3 rings (SSSR count). The first-order chi connectivity index (χ1) is 9.36. The molecule has 1 unspecified atom stereocenters. The summed E-state index contributed by atoms with van der Waals surface area (Å²) in [4.78, 5) is 4.29. The Morgan fingerprint density at radius 1 is 1.16 bits per heavy atom. The van der Waals surface area contributed by atoms with E-state index in [1.54, 1.807) is 6.07 Å². The molecule has 1 aliphatic rings. The van der Waals surface area contributed by atoms with E-state index in [1.807, 2.05) is 12.1 Å². The molecule has 0 saturated heterocycles. The normalized spacial score (nSPS) is 17.3. The van der Waals surface area contributed by atoms with Gasteiger partial charge in [-0.1, -0.05) is 30.3 Å². The molecule has 0 spiro atoms. The SMILES string of the molecule is N#Cc1cccc(NC2CCCc3ccccc32)n1. The lowest BCUT2D eigenvalue weighted by Crippen LogP contribution is -2.17. The Labute approximate surface area is 112 Å². The molecule has 0 amide bonds. The summed E-state index contributed by atoms with van der Waals surface area (Å²) in [5, 5.41) is 12.3. The lowest BCUT2D eigenvalue weighted by molar-refractivity contribution is 0.598. The van der Waals surface area contributed by atoms with E-state index in [0.717, 1.165) is 18.7 Å². The van der Waals surface area contributed by atoms with Crippen LogP contribution in [0.3, 0.4) is 0 Å². The third-order valence-corrected chi connectivity index (χ3v) is 3.56. The molecule has 1 aromatic carbocycles. The highest BCUT2D eigenvalue weighted by molar-refractivity contribution is 5.43. The molecule has 0 bridgehead atoms. The van der Waals surface area contributed by atoms with E-state index in [0.29, 0.717) is 11.7 Å². The second-order valence-electron chi connectivity index (χ2n) is 4.81. The van der Waals surface area contributed by atoms with Crippen molar-refractivity contribution < 1.29 is 0 Å². The minimum Gasteiger partial charge on any atom is -0.363 e. The quantitative estimate of drug-likeness (QED) is 0.886. The Morgan fingerprint density at radius 3 is 2.95 bits per heavy atom. The fourth-order valence-electron chi connectivity index (χ4n) is 2.66. The van der Waals surface area contributed by atoms with Gasteiger partial charge in [-0.25, -0.2) is 4.98 Å². The number of rotatable bonds is 2. The zero-order chi connectivity index (χ0) is 13.1. The van der Waals surface area contributed by atoms with Gasteiger partial charge in [0.1, 0.15) is 17.6 Å². The molecule has 1 atom stereocenters. The number of pyridine rings is 1. The molecule has 0 fully saturated rings. The molecule has 1 heterocycles. The van der Waals surface area contributed by atoms with Crippen molar-refractivity contribution in [2.75, 3.05) is 5.32 Å². The van der Waals surface area contributed by atoms with Crippen LogP contribution in [-0.4, -0.2) is 4.98 Å². The molecule has 3 heteroatoms. The summed E-state index contributed by atoms with van der Waals surface area (Å²) in [6.07, 6.45) is 3.45. The van der Waals surface area contributed by atoms with Crippen LogP contribution in [0.5, 0.6) is 0 Å². The molecule has 19 heavy (non-hydrogen) atoms. The summed E-state index contributed by atoms with van der Waals surface area (Å²) in [6.45, 7) is 0. The highest BCUT2D eigenvalue weighted by Gasteiger charge is 2.19. The molecule has 0 radical (unpaired) electrons. The summed E-state index contributed by atoms with van der Waals surface area (Å²) in [5.41, 5.74) is 3.23. The smallest absolute Gasteiger partial charge is 0.142 e. The van der Waals surface area contributed by atoms with Gasteiger partial charge in [0.2, 0.25) is 0 Å². The first-order valence-corrected chi connectivity index (χ1v) is 6.58. The van der Waals surface area contributed by atoms with Crippen LogP contribution in [-0.2, 0) is 6.42 Å². The Bertz CT molecular complexity index is 628. The summed E-state index contributed by atoms with van der Waals surface area (Å²) < 4.78 is 0. The molecule has 2 aromatic rings. The number of benzene rings is 1. The van der Waals surface area contributed by atoms with Crippen molar-refractivity contribution >= 4 is 5.82 Å². The van der Waals surface area contributed by atoms with Crippen LogP contribution in [0, 0.1) is 11.3 Å². The van der Waals surface area contributed by atoms with Crippen LogP contribution in [0.25, 0.3) is 0 Å². The van der Waals surface area contributed by atoms with E-state index in [1.165, 1.54) is 17.5 Å². The van der Waals surface area contributed by atoms with Crippen molar-refractivity contribution in [2.24, 2.45) is 0 Å². The van der Waals surface area contributed by atoms with E-state index < -0.39 is 0 Å². The maximum atomic E-state index is 8.89. The molecule has 1 aliphatic carbocycles. The topological polar surface area (TPSA) is 48.7 Å². The van der Waals surface area contributed by atoms with Crippen LogP contribution in [0.4, 0.5) is 5.82 Å². The van der Waals surface area contributed by atoms with Gasteiger partial charge in [0.15, 0.2) is 0 Å². The second-order valence-corrected chi connectivity index (χ2v) is 4.81. The molecular formula is C16H15N3. The Morgan fingerprint density at radius 2 is 2.05 bits per heavy atom. The first-order valence-electron chi connectivity index (χ1n) is 6.58. The monoisotopic (exact) mass is 249 g/mol. The zero-order valence-electron chi connectivity index (χ0n) is 10.6. The Balaban J connectivity index is 1.86. The number of anilines is 1. The lowest BCUT2D eigenvalue weighted by atomic mass is 9.88. The van der Waals surface area contributed by atoms with Gasteiger partial charge in [-0.2, -0.15) is 5.26 Å². The van der Waals surface area contributed by atoms with Crippen molar-refractivity contribution in [1.29, 1.82) is 5.26 Å². The number of nitriles is 1. The fraction of sp³-hybridized carbons (Fsp3) is 0.250. The standard InChI is InChI=1S/C16H15N3/c17-11-13-7-4-10-16(18-13)19-15-9-3-6-12-5-1-2-8-14(12)15/h1-2,4-5,7-8,10,15H,3,6,9H2,(H,18,19). The minimum atomic E-state index is 0.298. The van der Waals surface area contributed by atoms with Crippen LogP contribution in [0.15, 0.2) is 42.5 Å². The predicted molar refractivity (Wildman–Crippen MR) is 74.7 cm³/mol. The molecule has 0 saturated carbocycles. The van der Waals surface area contributed by atoms with Gasteiger partial charge >= 0.3 is 0 Å². The summed E-state index contributed by atoms with van der Waals surface area (Å²) in [7, 11) is 0. The van der Waals surface area contributed by atoms with Gasteiger partial charge in [-0.05, 0) is 42.5 Å². The summed E-state index contributed by atoms with van der Waals surface area (Å²) in [6, 6.07) is 16.4. The molecule has 3 nitrogen and oxygen atoms in total. The van der Waals surface area contributed by atoms with E-state index >= 15 is 0 Å². The van der Waals surface area contributed by atoms with Crippen LogP contribution in [0.2, 0.25) is 0 Å². The third-order valence-electron chi connectivity index (χ3n) is 3.56. The molecule has 1 N–H and O–H groups in total. The number of nitrogens with zero attached hydrogens (tertiary/aromatic N) is 2. The number of aromatic nitrogens is 1. The van der Waals surface area contributed by atoms with Crippen molar-refractivity contribution in [1.82, 2.24) is 4.98 Å². The highest BCUT2D eigenvalue weighted by Crippen LogP contribution is 2.31. The van der Waals surface area contributed by atoms with E-state index in [2.05, 4.69) is 40.6 Å². The van der Waals surface area contributed by atoms with Gasteiger partial charge in [-0.3, -0.25) is 0 Å². The van der Waals surface area contributed by atoms with Gasteiger partial charge in [0, 0.05) is 0 Å². The number of hydrogen-bond donors (Lipinski definition) is 1. The number of nitrogens with one attached hydrogen (secondary N) is 1. The highest BCUT2D eigenvalue weighted by atomic mass is 15.0. The predicted octanol–water partition coefficient (Wildman–Crippen LogP) is 3.44. The summed E-state index contributed by atoms with van der Waals surface area (Å²) in [5.74, 6) is 0.778. The zero-order valence-corrected chi connectivity index (χ0v) is 10.6. The van der Waals surface area contributed by atoms with Gasteiger partial charge < -0.3 is 5.32 Å². The van der Waals surface area contributed by atoms with Crippen LogP contribution in [0.1, 0.15) is 35.7 Å². The minimum absolute atomic E-state index is 0.298. The maximum absolute atomic E-state index is 8.89. The molecule has 0 aliphatic heterocycles. The second kappa shape index (κ2) is 5.11. The first kappa shape index (κ1) is 11.7. The van der Waals surface area contributed by atoms with E-state index in [9.17, 15) is 0 Å². The maximum Gasteiger partial charge on any atom is 0.142 e. The van der Waals surface area contributed by atoms with Crippen LogP contribution >= 0.6 is 0 Å². The van der Waals surface area contributed by atoms with Crippen molar-refractivity contribution in [2.45, 2.75) is 25.3 Å². The average molecular weight is 249 g/mol. The number of fused-ring (bicyclic) bond motifs is 1.